The van der Waals surface area contributed by atoms with Crippen molar-refractivity contribution in [2.75, 3.05) is 0 Å². The Morgan fingerprint density at radius 1 is 1.17 bits per heavy atom. The summed E-state index contributed by atoms with van der Waals surface area (Å²) in [6.07, 6.45) is 9.85. The second-order valence-electron chi connectivity index (χ2n) is 7.45. The molecule has 0 radical (unpaired) electrons. The quantitative estimate of drug-likeness (QED) is 0.224. The normalized spacial score (nSPS) is 12.9. The number of hydrogen-bond donors (Lipinski definition) is 1. The average Bonchev–Trinajstić information content (AvgIpc) is 2.51. The maximum Gasteiger partial charge on any atom is 0.114 e. The summed E-state index contributed by atoms with van der Waals surface area (Å²) < 4.78 is 1.15. The fourth-order valence-electron chi connectivity index (χ4n) is 2.31. The Bertz CT molecular complexity index is 563. The molecule has 0 saturated heterocycles. The van der Waals surface area contributed by atoms with Crippen LogP contribution in [-0.4, -0.2) is 19.3 Å². The van der Waals surface area contributed by atoms with Crippen molar-refractivity contribution in [1.29, 1.82) is 0 Å². The van der Waals surface area contributed by atoms with E-state index in [0.717, 1.165) is 43.0 Å². The van der Waals surface area contributed by atoms with Gasteiger partial charge in [0.25, 0.3) is 0 Å². The lowest BCUT2D eigenvalue weighted by atomic mass is 10.1. The van der Waals surface area contributed by atoms with Crippen molar-refractivity contribution in [3.05, 3.63) is 46.5 Å². The summed E-state index contributed by atoms with van der Waals surface area (Å²) in [5, 5.41) is 9.93. The van der Waals surface area contributed by atoms with E-state index in [1.165, 1.54) is 11.6 Å². The minimum Gasteiger partial charge on any atom is -0.380 e. The molecule has 1 atom stereocenters. The van der Waals surface area contributed by atoms with E-state index < -0.39 is 14.2 Å². The number of allylic oxidation sites excluding steroid dienone is 2. The van der Waals surface area contributed by atoms with E-state index in [1.807, 2.05) is 6.07 Å². The summed E-state index contributed by atoms with van der Waals surface area (Å²) in [6, 6.07) is 9.51. The Balaban J connectivity index is 2.12. The molecule has 0 heterocycles. The number of halogens is 1. The highest BCUT2D eigenvalue weighted by atomic mass is 79.9. The molecule has 1 nitrogen and oxygen atoms in total. The number of benzene rings is 1. The van der Waals surface area contributed by atoms with Crippen LogP contribution in [0, 0.1) is 11.8 Å². The molecule has 1 N–H and O–H groups in total. The van der Waals surface area contributed by atoms with Gasteiger partial charge in [-0.1, -0.05) is 71.8 Å². The van der Waals surface area contributed by atoms with Crippen molar-refractivity contribution in [3.8, 4) is 11.8 Å². The minimum atomic E-state index is -0.939. The molecule has 0 bridgehead atoms. The van der Waals surface area contributed by atoms with Gasteiger partial charge in [-0.2, -0.15) is 0 Å². The first-order valence-corrected chi connectivity index (χ1v) is 13.4. The monoisotopic (exact) mass is 406 g/mol. The molecular formula is C21H31BrOSi. The van der Waals surface area contributed by atoms with Gasteiger partial charge < -0.3 is 5.11 Å². The highest BCUT2D eigenvalue weighted by Crippen LogP contribution is 2.18. The third kappa shape index (κ3) is 10.9. The zero-order chi connectivity index (χ0) is 17.8. The van der Waals surface area contributed by atoms with Gasteiger partial charge in [0.1, 0.15) is 6.10 Å². The number of unbranched alkanes of at least 4 members (excludes halogenated alkanes) is 2. The van der Waals surface area contributed by atoms with E-state index in [-0.39, 0.29) is 0 Å². The lowest BCUT2D eigenvalue weighted by Crippen LogP contribution is -2.17. The summed E-state index contributed by atoms with van der Waals surface area (Å²) in [5.41, 5.74) is 1.29. The van der Waals surface area contributed by atoms with Gasteiger partial charge in [-0.05, 0) is 49.8 Å². The molecule has 1 aromatic carbocycles. The maximum absolute atomic E-state index is 9.93. The molecular weight excluding hydrogens is 376 g/mol. The van der Waals surface area contributed by atoms with Crippen LogP contribution >= 0.6 is 15.9 Å². The fraction of sp³-hybridized carbons (Fsp3) is 0.524. The maximum atomic E-state index is 9.93. The van der Waals surface area contributed by atoms with Crippen LogP contribution in [0.15, 0.2) is 40.9 Å². The lowest BCUT2D eigenvalue weighted by Gasteiger charge is -2.11. The molecule has 0 saturated carbocycles. The molecule has 0 aromatic heterocycles. The highest BCUT2D eigenvalue weighted by molar-refractivity contribution is 9.10. The molecule has 132 valence electrons. The van der Waals surface area contributed by atoms with E-state index >= 15 is 0 Å². The molecule has 24 heavy (non-hydrogen) atoms. The molecule has 3 heteroatoms. The zero-order valence-corrected chi connectivity index (χ0v) is 17.9. The number of hydrogen-bond acceptors (Lipinski definition) is 1. The number of aryl methyl sites for hydroxylation is 1. The SMILES string of the molecule is C[Si](C)(C)C/C=C\CCCC#CC(O)CCCc1ccccc1Br. The Morgan fingerprint density at radius 3 is 2.62 bits per heavy atom. The second-order valence-corrected chi connectivity index (χ2v) is 13.8. The van der Waals surface area contributed by atoms with Crippen LogP contribution in [0.5, 0.6) is 0 Å². The highest BCUT2D eigenvalue weighted by Gasteiger charge is 2.08. The van der Waals surface area contributed by atoms with Gasteiger partial charge in [-0.25, -0.2) is 0 Å². The topological polar surface area (TPSA) is 20.2 Å². The first kappa shape index (κ1) is 21.2. The van der Waals surface area contributed by atoms with Crippen molar-refractivity contribution in [3.63, 3.8) is 0 Å². The third-order valence-corrected chi connectivity index (χ3v) is 5.95. The van der Waals surface area contributed by atoms with Crippen LogP contribution in [0.3, 0.4) is 0 Å². The first-order chi connectivity index (χ1) is 11.4. The summed E-state index contributed by atoms with van der Waals surface area (Å²) in [4.78, 5) is 0. The number of aliphatic hydroxyl groups is 1. The van der Waals surface area contributed by atoms with E-state index in [9.17, 15) is 5.11 Å². The molecule has 0 spiro atoms. The Labute approximate surface area is 157 Å². The number of aliphatic hydroxyl groups excluding tert-OH is 1. The van der Waals surface area contributed by atoms with E-state index in [1.54, 1.807) is 0 Å². The van der Waals surface area contributed by atoms with Gasteiger partial charge in [0.15, 0.2) is 0 Å². The summed E-state index contributed by atoms with van der Waals surface area (Å²) in [6.45, 7) is 7.17. The average molecular weight is 407 g/mol. The van der Waals surface area contributed by atoms with Crippen LogP contribution < -0.4 is 0 Å². The largest absolute Gasteiger partial charge is 0.380 e. The first-order valence-electron chi connectivity index (χ1n) is 8.93. The molecule has 1 rings (SSSR count). The summed E-state index contributed by atoms with van der Waals surface area (Å²) in [5.74, 6) is 6.09. The van der Waals surface area contributed by atoms with Gasteiger partial charge in [-0.15, -0.1) is 5.92 Å². The van der Waals surface area contributed by atoms with Gasteiger partial charge in [-0.3, -0.25) is 0 Å². The summed E-state index contributed by atoms with van der Waals surface area (Å²) in [7, 11) is -0.939. The Morgan fingerprint density at radius 2 is 1.92 bits per heavy atom. The molecule has 0 aliphatic carbocycles. The van der Waals surface area contributed by atoms with Crippen LogP contribution in [-0.2, 0) is 6.42 Å². The minimum absolute atomic E-state index is 0.491. The predicted molar refractivity (Wildman–Crippen MR) is 112 cm³/mol. The summed E-state index contributed by atoms with van der Waals surface area (Å²) >= 11 is 3.56. The zero-order valence-electron chi connectivity index (χ0n) is 15.3. The lowest BCUT2D eigenvalue weighted by molar-refractivity contribution is 0.219. The van der Waals surface area contributed by atoms with E-state index in [0.29, 0.717) is 0 Å². The van der Waals surface area contributed by atoms with Gasteiger partial charge in [0.2, 0.25) is 0 Å². The smallest absolute Gasteiger partial charge is 0.114 e. The van der Waals surface area contributed by atoms with Gasteiger partial charge in [0, 0.05) is 19.0 Å². The molecule has 0 amide bonds. The molecule has 0 fully saturated rings. The predicted octanol–water partition coefficient (Wildman–Crippen LogP) is 6.20. The standard InChI is InChI=1S/C21H31BrOSi/c1-24(2,3)18-11-7-5-4-6-8-15-20(23)16-12-14-19-13-9-10-17-21(19)22/h7,9-11,13,17,20,23H,4-6,12,14,16,18H2,1-3H3/b11-7-. The van der Waals surface area contributed by atoms with Gasteiger partial charge in [0.05, 0.1) is 0 Å². The van der Waals surface area contributed by atoms with Crippen molar-refractivity contribution in [2.24, 2.45) is 0 Å². The van der Waals surface area contributed by atoms with Gasteiger partial charge >= 0.3 is 0 Å². The third-order valence-electron chi connectivity index (χ3n) is 3.72. The van der Waals surface area contributed by atoms with Crippen LogP contribution in [0.2, 0.25) is 25.7 Å². The van der Waals surface area contributed by atoms with Crippen LogP contribution in [0.25, 0.3) is 0 Å². The molecule has 0 aliphatic heterocycles. The molecule has 0 aliphatic rings. The number of rotatable bonds is 9. The molecule has 1 aromatic rings. The van der Waals surface area contributed by atoms with E-state index in [4.69, 9.17) is 0 Å². The van der Waals surface area contributed by atoms with Crippen molar-refractivity contribution < 1.29 is 5.11 Å². The molecule has 1 unspecified atom stereocenters. The fourth-order valence-corrected chi connectivity index (χ4v) is 3.67. The second kappa shape index (κ2) is 11.7. The van der Waals surface area contributed by atoms with Crippen LogP contribution in [0.4, 0.5) is 0 Å². The van der Waals surface area contributed by atoms with Crippen LogP contribution in [0.1, 0.15) is 37.7 Å². The van der Waals surface area contributed by atoms with Crippen molar-refractivity contribution >= 4 is 24.0 Å². The Hall–Kier alpha value is -0.823. The van der Waals surface area contributed by atoms with Crippen molar-refractivity contribution in [2.45, 2.75) is 70.3 Å². The van der Waals surface area contributed by atoms with E-state index in [2.05, 4.69) is 77.8 Å². The van der Waals surface area contributed by atoms with Crippen molar-refractivity contribution in [1.82, 2.24) is 0 Å². The Kier molecular flexibility index (Phi) is 10.3.